The quantitative estimate of drug-likeness (QED) is 0.0741. The molecule has 290 valence electrons. The first-order valence-corrected chi connectivity index (χ1v) is 15.6. The van der Waals surface area contributed by atoms with Gasteiger partial charge in [0.1, 0.15) is 12.4 Å². The molecular weight excluding hydrogens is 720 g/mol. The summed E-state index contributed by atoms with van der Waals surface area (Å²) in [5, 5.41) is 32.5. The number of nitrogens with two attached hydrogens (primary N) is 1. The summed E-state index contributed by atoms with van der Waals surface area (Å²) in [6.45, 7) is 2.87. The number of nitrogens with zero attached hydrogens (tertiary/aromatic N) is 4. The van der Waals surface area contributed by atoms with E-state index < -0.39 is 77.2 Å². The van der Waals surface area contributed by atoms with Gasteiger partial charge in [0.15, 0.2) is 29.5 Å². The molecular formula is C30H37F6N5O11. The molecule has 0 unspecified atom stereocenters. The van der Waals surface area contributed by atoms with Gasteiger partial charge in [-0.25, -0.2) is 32.5 Å². The van der Waals surface area contributed by atoms with Crippen LogP contribution in [0.5, 0.6) is 0 Å². The summed E-state index contributed by atoms with van der Waals surface area (Å²) in [6, 6.07) is 0.0314. The van der Waals surface area contributed by atoms with Crippen LogP contribution in [0.4, 0.5) is 26.3 Å². The van der Waals surface area contributed by atoms with E-state index in [0.29, 0.717) is 38.5 Å². The van der Waals surface area contributed by atoms with Gasteiger partial charge in [-0.2, -0.15) is 13.2 Å². The lowest BCUT2D eigenvalue weighted by molar-refractivity contribution is -0.165. The van der Waals surface area contributed by atoms with Crippen molar-refractivity contribution < 1.29 is 80.2 Å². The Kier molecular flexibility index (Phi) is 15.3. The number of fused-ring (bicyclic) bond motifs is 1. The first kappa shape index (κ1) is 42.1. The number of aliphatic hydroxyl groups is 2. The number of benzene rings is 1. The van der Waals surface area contributed by atoms with E-state index in [1.165, 1.54) is 4.90 Å². The number of aromatic nitrogens is 2. The molecule has 4 rings (SSSR count). The summed E-state index contributed by atoms with van der Waals surface area (Å²) in [5.74, 6) is -10.2. The number of aliphatic carboxylic acids is 2. The molecule has 22 heteroatoms. The van der Waals surface area contributed by atoms with Gasteiger partial charge >= 0.3 is 24.1 Å². The highest BCUT2D eigenvalue weighted by Crippen LogP contribution is 2.33. The molecule has 1 fully saturated rings. The number of ether oxygens (including phenoxy) is 3. The number of amides is 1. The van der Waals surface area contributed by atoms with Gasteiger partial charge in [-0.05, 0) is 18.1 Å². The van der Waals surface area contributed by atoms with Crippen LogP contribution in [0.2, 0.25) is 0 Å². The minimum absolute atomic E-state index is 0.0271. The van der Waals surface area contributed by atoms with Crippen molar-refractivity contribution in [1.82, 2.24) is 19.4 Å². The number of carboxylic acid groups (broad SMARTS) is 2. The third-order valence-corrected chi connectivity index (χ3v) is 7.74. The van der Waals surface area contributed by atoms with E-state index in [1.807, 2.05) is 0 Å². The molecule has 0 bridgehead atoms. The predicted molar refractivity (Wildman–Crippen MR) is 161 cm³/mol. The Morgan fingerprint density at radius 2 is 1.52 bits per heavy atom. The molecule has 2 aliphatic heterocycles. The molecule has 0 radical (unpaired) electrons. The number of carboxylic acids is 2. The Bertz CT molecular complexity index is 1550. The maximum Gasteiger partial charge on any atom is 0.449 e. The van der Waals surface area contributed by atoms with E-state index in [1.54, 1.807) is 0 Å². The van der Waals surface area contributed by atoms with E-state index in [-0.39, 0.29) is 56.9 Å². The largest absolute Gasteiger partial charge is 0.479 e. The monoisotopic (exact) mass is 757 g/mol. The number of carbonyl (C=O) groups excluding carboxylic acids is 2. The van der Waals surface area contributed by atoms with Gasteiger partial charge in [-0.3, -0.25) is 9.69 Å². The lowest BCUT2D eigenvalue weighted by atomic mass is 10.0. The molecule has 1 saturated heterocycles. The number of hydrogen-bond donors (Lipinski definition) is 5. The van der Waals surface area contributed by atoms with Crippen LogP contribution in [-0.2, 0) is 54.3 Å². The van der Waals surface area contributed by atoms with Crippen molar-refractivity contribution in [2.45, 2.75) is 50.4 Å². The van der Waals surface area contributed by atoms with Gasteiger partial charge in [-0.15, -0.1) is 0 Å². The SMILES string of the molecule is N[C@@H](CC(=O)N1CCn2c(C(F)(F)F)nc(C(=O)OCCOCCN3CCOCC3)c2C1)Cc1cc(F)c(F)cc1F.O=C(O)[C@H](O)[C@@H](O)C(=O)O. The molecule has 1 aromatic carbocycles. The van der Waals surface area contributed by atoms with Crippen LogP contribution in [0.15, 0.2) is 12.1 Å². The van der Waals surface area contributed by atoms with Crippen molar-refractivity contribution in [2.75, 3.05) is 59.2 Å². The molecule has 16 nitrogen and oxygen atoms in total. The third-order valence-electron chi connectivity index (χ3n) is 7.74. The van der Waals surface area contributed by atoms with Crippen molar-refractivity contribution in [3.8, 4) is 0 Å². The molecule has 1 amide bonds. The highest BCUT2D eigenvalue weighted by Gasteiger charge is 2.42. The van der Waals surface area contributed by atoms with Crippen LogP contribution >= 0.6 is 0 Å². The van der Waals surface area contributed by atoms with Crippen LogP contribution in [0.25, 0.3) is 0 Å². The first-order chi connectivity index (χ1) is 24.4. The maximum atomic E-state index is 14.0. The summed E-state index contributed by atoms with van der Waals surface area (Å²) >= 11 is 0. The molecule has 2 aliphatic rings. The highest BCUT2D eigenvalue weighted by molar-refractivity contribution is 5.89. The molecule has 0 spiro atoms. The average molecular weight is 758 g/mol. The molecule has 3 atom stereocenters. The minimum Gasteiger partial charge on any atom is -0.479 e. The lowest BCUT2D eigenvalue weighted by Gasteiger charge is -2.30. The predicted octanol–water partition coefficient (Wildman–Crippen LogP) is 0.00450. The average Bonchev–Trinajstić information content (AvgIpc) is 3.48. The van der Waals surface area contributed by atoms with E-state index in [0.717, 1.165) is 17.7 Å². The summed E-state index contributed by atoms with van der Waals surface area (Å²) in [4.78, 5) is 52.0. The Labute approximate surface area is 291 Å². The molecule has 0 saturated carbocycles. The van der Waals surface area contributed by atoms with Gasteiger partial charge < -0.3 is 49.8 Å². The number of hydrogen-bond acceptors (Lipinski definition) is 12. The van der Waals surface area contributed by atoms with Crippen molar-refractivity contribution in [3.05, 3.63) is 52.4 Å². The Morgan fingerprint density at radius 1 is 0.904 bits per heavy atom. The number of aliphatic hydroxyl groups excluding tert-OH is 2. The van der Waals surface area contributed by atoms with Gasteiger partial charge in [-0.1, -0.05) is 0 Å². The zero-order valence-corrected chi connectivity index (χ0v) is 27.4. The van der Waals surface area contributed by atoms with Crippen LogP contribution in [-0.4, -0.2) is 141 Å². The standard InChI is InChI=1S/C26H31F6N5O5.C4H6O6/c27-18-14-20(29)19(28)12-16(18)11-17(33)13-22(38)36-1-2-37-21(15-36)23(34-25(37)26(30,31)32)24(39)42-10-9-41-8-5-35-3-6-40-7-4-35;5-1(3(7)8)2(6)4(9)10/h12,14,17H,1-11,13,15,33H2;1-2,5-6H,(H,7,8)(H,9,10)/t17-;1-,2-/m11/s1. The number of rotatable bonds is 14. The van der Waals surface area contributed by atoms with Gasteiger partial charge in [0.25, 0.3) is 0 Å². The second kappa shape index (κ2) is 18.9. The van der Waals surface area contributed by atoms with Crippen molar-refractivity contribution in [1.29, 1.82) is 0 Å². The number of halogens is 6. The number of carbonyl (C=O) groups is 4. The van der Waals surface area contributed by atoms with Gasteiger partial charge in [0.05, 0.1) is 38.7 Å². The number of morpholine rings is 1. The van der Waals surface area contributed by atoms with E-state index in [2.05, 4.69) is 9.88 Å². The van der Waals surface area contributed by atoms with Gasteiger partial charge in [0, 0.05) is 51.3 Å². The van der Waals surface area contributed by atoms with E-state index in [9.17, 15) is 45.5 Å². The van der Waals surface area contributed by atoms with Crippen LogP contribution in [0.1, 0.15) is 34.0 Å². The van der Waals surface area contributed by atoms with E-state index in [4.69, 9.17) is 40.4 Å². The summed E-state index contributed by atoms with van der Waals surface area (Å²) in [7, 11) is 0. The number of imidazole rings is 1. The van der Waals surface area contributed by atoms with Gasteiger partial charge in [0.2, 0.25) is 11.7 Å². The number of esters is 1. The zero-order valence-electron chi connectivity index (χ0n) is 27.4. The van der Waals surface area contributed by atoms with Crippen molar-refractivity contribution >= 4 is 23.8 Å². The highest BCUT2D eigenvalue weighted by atomic mass is 19.4. The molecule has 2 aromatic rings. The summed E-state index contributed by atoms with van der Waals surface area (Å²) in [6.07, 6.45) is -10.0. The second-order valence-electron chi connectivity index (χ2n) is 11.5. The molecule has 3 heterocycles. The molecule has 52 heavy (non-hydrogen) atoms. The second-order valence-corrected chi connectivity index (χ2v) is 11.5. The Hall–Kier alpha value is -4.35. The fraction of sp³-hybridized carbons (Fsp3) is 0.567. The fourth-order valence-electron chi connectivity index (χ4n) is 5.04. The third kappa shape index (κ3) is 11.8. The number of alkyl halides is 3. The Balaban J connectivity index is 0.000000636. The lowest BCUT2D eigenvalue weighted by Crippen LogP contribution is -2.42. The van der Waals surface area contributed by atoms with E-state index >= 15 is 0 Å². The molecule has 6 N–H and O–H groups in total. The first-order valence-electron chi connectivity index (χ1n) is 15.6. The minimum atomic E-state index is -4.86. The smallest absolute Gasteiger partial charge is 0.449 e. The summed E-state index contributed by atoms with van der Waals surface area (Å²) < 4.78 is 98.3. The topological polar surface area (TPSA) is 227 Å². The fourth-order valence-corrected chi connectivity index (χ4v) is 5.04. The Morgan fingerprint density at radius 3 is 2.12 bits per heavy atom. The van der Waals surface area contributed by atoms with Crippen LogP contribution < -0.4 is 5.73 Å². The zero-order chi connectivity index (χ0) is 38.7. The van der Waals surface area contributed by atoms with Crippen molar-refractivity contribution in [2.24, 2.45) is 5.73 Å². The summed E-state index contributed by atoms with van der Waals surface area (Å²) in [5.41, 5.74) is 5.00. The normalized spacial score (nSPS) is 16.6. The van der Waals surface area contributed by atoms with Crippen molar-refractivity contribution in [3.63, 3.8) is 0 Å². The van der Waals surface area contributed by atoms with Crippen LogP contribution in [0, 0.1) is 17.5 Å². The molecule has 1 aromatic heterocycles. The molecule has 0 aliphatic carbocycles. The van der Waals surface area contributed by atoms with Crippen LogP contribution in [0.3, 0.4) is 0 Å². The maximum absolute atomic E-state index is 14.0.